The maximum absolute atomic E-state index is 5.65. The highest BCUT2D eigenvalue weighted by atomic mass is 16.5. The van der Waals surface area contributed by atoms with Crippen molar-refractivity contribution < 1.29 is 4.74 Å². The van der Waals surface area contributed by atoms with Crippen LogP contribution < -0.4 is 10.5 Å². The monoisotopic (exact) mass is 259 g/mol. The summed E-state index contributed by atoms with van der Waals surface area (Å²) in [5.41, 5.74) is 8.67. The van der Waals surface area contributed by atoms with E-state index in [1.165, 1.54) is 0 Å². The van der Waals surface area contributed by atoms with E-state index in [0.29, 0.717) is 6.54 Å². The molecule has 0 saturated heterocycles. The molecule has 19 heavy (non-hydrogen) atoms. The van der Waals surface area contributed by atoms with Crippen molar-refractivity contribution in [1.82, 2.24) is 9.97 Å². The minimum Gasteiger partial charge on any atom is -0.494 e. The van der Waals surface area contributed by atoms with Gasteiger partial charge in [-0.15, -0.1) is 0 Å². The van der Waals surface area contributed by atoms with Crippen molar-refractivity contribution in [2.45, 2.75) is 33.2 Å². The molecule has 0 fully saturated rings. The molecule has 1 aromatic heterocycles. The van der Waals surface area contributed by atoms with Crippen molar-refractivity contribution in [3.05, 3.63) is 35.8 Å². The van der Waals surface area contributed by atoms with Gasteiger partial charge in [0.15, 0.2) is 0 Å². The maximum Gasteiger partial charge on any atom is 0.120 e. The van der Waals surface area contributed by atoms with Gasteiger partial charge in [0.25, 0.3) is 0 Å². The molecule has 2 rings (SSSR count). The first-order chi connectivity index (χ1) is 9.24. The number of nitrogens with zero attached hydrogens (tertiary/aromatic N) is 1. The number of aromatic nitrogens is 2. The lowest BCUT2D eigenvalue weighted by Gasteiger charge is -2.06. The predicted molar refractivity (Wildman–Crippen MR) is 77.1 cm³/mol. The highest BCUT2D eigenvalue weighted by Gasteiger charge is 2.08. The van der Waals surface area contributed by atoms with Crippen LogP contribution >= 0.6 is 0 Å². The van der Waals surface area contributed by atoms with Crippen molar-refractivity contribution in [3.63, 3.8) is 0 Å². The van der Waals surface area contributed by atoms with Crippen molar-refractivity contribution in [3.8, 4) is 17.0 Å². The third-order valence-corrected chi connectivity index (χ3v) is 3.02. The van der Waals surface area contributed by atoms with Crippen molar-refractivity contribution >= 4 is 0 Å². The molecule has 4 nitrogen and oxygen atoms in total. The summed E-state index contributed by atoms with van der Waals surface area (Å²) in [6.07, 6.45) is 2.23. The number of ether oxygens (including phenoxy) is 1. The summed E-state index contributed by atoms with van der Waals surface area (Å²) < 4.78 is 5.65. The van der Waals surface area contributed by atoms with Crippen LogP contribution in [0.3, 0.4) is 0 Å². The Morgan fingerprint density at radius 2 is 2.00 bits per heavy atom. The van der Waals surface area contributed by atoms with Crippen LogP contribution in [0.4, 0.5) is 0 Å². The quantitative estimate of drug-likeness (QED) is 0.784. The average molecular weight is 259 g/mol. The summed E-state index contributed by atoms with van der Waals surface area (Å²) in [5.74, 6) is 1.72. The molecule has 0 saturated carbocycles. The number of hydrogen-bond donors (Lipinski definition) is 2. The molecule has 0 aliphatic rings. The predicted octanol–water partition coefficient (Wildman–Crippen LogP) is 3.02. The lowest BCUT2D eigenvalue weighted by atomic mass is 10.1. The van der Waals surface area contributed by atoms with Crippen LogP contribution in [-0.4, -0.2) is 16.6 Å². The second-order valence-electron chi connectivity index (χ2n) is 4.59. The largest absolute Gasteiger partial charge is 0.494 e. The zero-order valence-corrected chi connectivity index (χ0v) is 11.6. The number of unbranched alkanes of at least 4 members (excludes halogenated alkanes) is 1. The van der Waals surface area contributed by atoms with Crippen LogP contribution in [0.15, 0.2) is 24.3 Å². The third-order valence-electron chi connectivity index (χ3n) is 3.02. The zero-order valence-electron chi connectivity index (χ0n) is 11.6. The van der Waals surface area contributed by atoms with E-state index in [1.807, 2.05) is 31.2 Å². The van der Waals surface area contributed by atoms with Crippen LogP contribution in [0.1, 0.15) is 31.3 Å². The van der Waals surface area contributed by atoms with Gasteiger partial charge in [0.1, 0.15) is 11.6 Å². The number of hydrogen-bond acceptors (Lipinski definition) is 3. The van der Waals surface area contributed by atoms with E-state index in [1.54, 1.807) is 0 Å². The molecule has 0 aliphatic carbocycles. The fourth-order valence-corrected chi connectivity index (χ4v) is 1.94. The summed E-state index contributed by atoms with van der Waals surface area (Å²) in [7, 11) is 0. The number of nitrogens with two attached hydrogens (primary N) is 1. The minimum atomic E-state index is 0.430. The molecule has 0 unspecified atom stereocenters. The molecule has 3 N–H and O–H groups in total. The molecular weight excluding hydrogens is 238 g/mol. The molecule has 0 amide bonds. The Balaban J connectivity index is 2.10. The SMILES string of the molecule is CCCCOc1ccc(-c2nc(CN)[nH]c2C)cc1. The number of nitrogens with one attached hydrogen (secondary N) is 1. The number of aromatic amines is 1. The summed E-state index contributed by atoms with van der Waals surface area (Å²) in [4.78, 5) is 7.66. The van der Waals surface area contributed by atoms with E-state index in [0.717, 1.165) is 48.0 Å². The van der Waals surface area contributed by atoms with Crippen LogP contribution in [-0.2, 0) is 6.54 Å². The Kier molecular flexibility index (Phi) is 4.58. The zero-order chi connectivity index (χ0) is 13.7. The first-order valence-corrected chi connectivity index (χ1v) is 6.73. The molecule has 1 aromatic carbocycles. The van der Waals surface area contributed by atoms with E-state index in [9.17, 15) is 0 Å². The first kappa shape index (κ1) is 13.6. The summed E-state index contributed by atoms with van der Waals surface area (Å²) in [6.45, 7) is 5.36. The number of H-pyrrole nitrogens is 1. The molecule has 2 aromatic rings. The van der Waals surface area contributed by atoms with Crippen molar-refractivity contribution in [1.29, 1.82) is 0 Å². The Bertz CT molecular complexity index is 517. The van der Waals surface area contributed by atoms with Gasteiger partial charge in [-0.25, -0.2) is 4.98 Å². The Morgan fingerprint density at radius 3 is 2.58 bits per heavy atom. The van der Waals surface area contributed by atoms with E-state index < -0.39 is 0 Å². The van der Waals surface area contributed by atoms with Gasteiger partial charge >= 0.3 is 0 Å². The molecular formula is C15H21N3O. The Morgan fingerprint density at radius 1 is 1.26 bits per heavy atom. The minimum absolute atomic E-state index is 0.430. The molecule has 0 radical (unpaired) electrons. The van der Waals surface area contributed by atoms with Gasteiger partial charge in [-0.05, 0) is 37.6 Å². The molecule has 0 atom stereocenters. The second kappa shape index (κ2) is 6.38. The number of aryl methyl sites for hydroxylation is 1. The number of imidazole rings is 1. The smallest absolute Gasteiger partial charge is 0.120 e. The van der Waals surface area contributed by atoms with Gasteiger partial charge in [-0.1, -0.05) is 13.3 Å². The van der Waals surface area contributed by atoms with E-state index in [2.05, 4.69) is 16.9 Å². The highest BCUT2D eigenvalue weighted by molar-refractivity contribution is 5.62. The highest BCUT2D eigenvalue weighted by Crippen LogP contribution is 2.23. The van der Waals surface area contributed by atoms with E-state index >= 15 is 0 Å². The molecule has 4 heteroatoms. The summed E-state index contributed by atoms with van der Waals surface area (Å²) in [5, 5.41) is 0. The topological polar surface area (TPSA) is 63.9 Å². The average Bonchev–Trinajstić information content (AvgIpc) is 2.81. The van der Waals surface area contributed by atoms with Gasteiger partial charge in [0, 0.05) is 11.3 Å². The van der Waals surface area contributed by atoms with Crippen LogP contribution in [0.2, 0.25) is 0 Å². The molecule has 102 valence electrons. The number of benzene rings is 1. The lowest BCUT2D eigenvalue weighted by molar-refractivity contribution is 0.309. The second-order valence-corrected chi connectivity index (χ2v) is 4.59. The fraction of sp³-hybridized carbons (Fsp3) is 0.400. The summed E-state index contributed by atoms with van der Waals surface area (Å²) >= 11 is 0. The molecule has 0 bridgehead atoms. The van der Waals surface area contributed by atoms with Gasteiger partial charge in [-0.3, -0.25) is 0 Å². The standard InChI is InChI=1S/C15H21N3O/c1-3-4-9-19-13-7-5-12(6-8-13)15-11(2)17-14(10-16)18-15/h5-8H,3-4,9-10,16H2,1-2H3,(H,17,18). The van der Waals surface area contributed by atoms with Gasteiger partial charge < -0.3 is 15.5 Å². The molecule has 0 aliphatic heterocycles. The third kappa shape index (κ3) is 3.35. The van der Waals surface area contributed by atoms with Crippen LogP contribution in [0.25, 0.3) is 11.3 Å². The van der Waals surface area contributed by atoms with E-state index in [-0.39, 0.29) is 0 Å². The van der Waals surface area contributed by atoms with Gasteiger partial charge in [0.05, 0.1) is 18.8 Å². The molecule has 0 spiro atoms. The lowest BCUT2D eigenvalue weighted by Crippen LogP contribution is -1.98. The van der Waals surface area contributed by atoms with Gasteiger partial charge in [0.2, 0.25) is 0 Å². The maximum atomic E-state index is 5.65. The Hall–Kier alpha value is -1.81. The molecule has 1 heterocycles. The first-order valence-electron chi connectivity index (χ1n) is 6.73. The van der Waals surface area contributed by atoms with Crippen molar-refractivity contribution in [2.24, 2.45) is 5.73 Å². The number of rotatable bonds is 6. The van der Waals surface area contributed by atoms with Gasteiger partial charge in [-0.2, -0.15) is 0 Å². The van der Waals surface area contributed by atoms with E-state index in [4.69, 9.17) is 10.5 Å². The van der Waals surface area contributed by atoms with Crippen LogP contribution in [0.5, 0.6) is 5.75 Å². The summed E-state index contributed by atoms with van der Waals surface area (Å²) in [6, 6.07) is 8.04. The Labute approximate surface area is 114 Å². The fourth-order valence-electron chi connectivity index (χ4n) is 1.94. The van der Waals surface area contributed by atoms with Crippen molar-refractivity contribution in [2.75, 3.05) is 6.61 Å². The van der Waals surface area contributed by atoms with Crippen LogP contribution in [0, 0.1) is 6.92 Å². The normalized spacial score (nSPS) is 10.7.